The molecule has 1 aromatic heterocycles. The van der Waals surface area contributed by atoms with Gasteiger partial charge in [-0.3, -0.25) is 0 Å². The molecule has 0 aliphatic carbocycles. The van der Waals surface area contributed by atoms with Gasteiger partial charge in [0.2, 0.25) is 0 Å². The van der Waals surface area contributed by atoms with Gasteiger partial charge in [-0.15, -0.1) is 0 Å². The van der Waals surface area contributed by atoms with Gasteiger partial charge in [-0.1, -0.05) is 170 Å². The van der Waals surface area contributed by atoms with Gasteiger partial charge in [-0.2, -0.15) is 0 Å². The first-order chi connectivity index (χ1) is 32.3. The predicted octanol–water partition coefficient (Wildman–Crippen LogP) is 16.0. The topological polar surface area (TPSA) is 35.5 Å². The highest BCUT2D eigenvalue weighted by Crippen LogP contribution is 2.56. The first-order valence-corrected chi connectivity index (χ1v) is 22.2. The molecule has 0 atom stereocenters. The fraction of sp³-hybridized carbons (Fsp3) is 0.0333. The van der Waals surface area contributed by atoms with Gasteiger partial charge in [0, 0.05) is 50.8 Å². The van der Waals surface area contributed by atoms with Gasteiger partial charge in [0.1, 0.15) is 0 Å². The molecule has 0 spiro atoms. The third-order valence-corrected chi connectivity index (χ3v) is 12.1. The maximum Gasteiger partial charge on any atom is 0.160 e. The molecule has 0 bridgehead atoms. The normalized spacial score (nSPS) is 11.8. The molecule has 5 heteroatoms. The standard InChI is InChI=1S/C60H45N5/c1-7-23-44(24-8-1)53-43-54(62-60(61-53)47-27-9-2-10-28-47)48-41-57(63(49-29-11-3-12-30-49)50-31-13-4-14-32-50)59(58(42-48)64(51-33-15-5-16-34-51)52-35-17-6-18-36-52)65-55-37-21-19-25-45(55)39-40-46-26-20-22-38-56(46)65/h1-38,41-43H,39-40H2. The first-order valence-electron chi connectivity index (χ1n) is 22.2. The molecular weight excluding hydrogens is 791 g/mol. The summed E-state index contributed by atoms with van der Waals surface area (Å²) in [5, 5.41) is 0. The van der Waals surface area contributed by atoms with Crippen LogP contribution in [0.3, 0.4) is 0 Å². The number of hydrogen-bond donors (Lipinski definition) is 0. The maximum atomic E-state index is 5.46. The molecule has 1 aliphatic heterocycles. The van der Waals surface area contributed by atoms with Crippen LogP contribution in [-0.4, -0.2) is 9.97 Å². The monoisotopic (exact) mass is 835 g/mol. The van der Waals surface area contributed by atoms with Crippen molar-refractivity contribution in [1.82, 2.24) is 9.97 Å². The molecule has 0 radical (unpaired) electrons. The van der Waals surface area contributed by atoms with Crippen LogP contribution in [0.5, 0.6) is 0 Å². The van der Waals surface area contributed by atoms with Gasteiger partial charge < -0.3 is 14.7 Å². The Balaban J connectivity index is 1.32. The van der Waals surface area contributed by atoms with Gasteiger partial charge in [0.15, 0.2) is 5.82 Å². The van der Waals surface area contributed by atoms with Gasteiger partial charge in [0.25, 0.3) is 0 Å². The second-order valence-electron chi connectivity index (χ2n) is 16.2. The van der Waals surface area contributed by atoms with Crippen LogP contribution >= 0.6 is 0 Å². The minimum Gasteiger partial charge on any atom is -0.308 e. The Morgan fingerprint density at radius 1 is 0.323 bits per heavy atom. The molecule has 2 heterocycles. The number of anilines is 9. The average Bonchev–Trinajstić information content (AvgIpc) is 3.55. The Morgan fingerprint density at radius 2 is 0.662 bits per heavy atom. The summed E-state index contributed by atoms with van der Waals surface area (Å²) in [5.74, 6) is 0.662. The molecular formula is C60H45N5. The SMILES string of the molecule is c1ccc(-c2cc(-c3cc(N(c4ccccc4)c4ccccc4)c(N4c5ccccc5CCc5ccccc54)c(N(c4ccccc4)c4ccccc4)c3)nc(-c3ccccc3)n2)cc1. The minimum absolute atomic E-state index is 0.662. The lowest BCUT2D eigenvalue weighted by Gasteiger charge is -2.38. The van der Waals surface area contributed by atoms with Crippen molar-refractivity contribution in [2.24, 2.45) is 0 Å². The van der Waals surface area contributed by atoms with Gasteiger partial charge >= 0.3 is 0 Å². The summed E-state index contributed by atoms with van der Waals surface area (Å²) in [5.41, 5.74) is 16.6. The van der Waals surface area contributed by atoms with Crippen molar-refractivity contribution in [3.05, 3.63) is 260 Å². The summed E-state index contributed by atoms with van der Waals surface area (Å²) in [6, 6.07) is 88.3. The van der Waals surface area contributed by atoms with Crippen LogP contribution < -0.4 is 14.7 Å². The van der Waals surface area contributed by atoms with Crippen LogP contribution in [0.2, 0.25) is 0 Å². The lowest BCUT2D eigenvalue weighted by Crippen LogP contribution is -2.22. The molecule has 0 fully saturated rings. The van der Waals surface area contributed by atoms with E-state index in [2.05, 4.69) is 239 Å². The molecule has 5 nitrogen and oxygen atoms in total. The van der Waals surface area contributed by atoms with E-state index in [0.29, 0.717) is 5.82 Å². The van der Waals surface area contributed by atoms with Crippen molar-refractivity contribution in [1.29, 1.82) is 0 Å². The largest absolute Gasteiger partial charge is 0.308 e. The quantitative estimate of drug-likeness (QED) is 0.137. The molecule has 0 saturated heterocycles. The van der Waals surface area contributed by atoms with Crippen LogP contribution in [0.25, 0.3) is 33.9 Å². The lowest BCUT2D eigenvalue weighted by molar-refractivity contribution is 0.977. The van der Waals surface area contributed by atoms with Gasteiger partial charge in [-0.25, -0.2) is 9.97 Å². The van der Waals surface area contributed by atoms with Crippen molar-refractivity contribution in [3.63, 3.8) is 0 Å². The molecule has 310 valence electrons. The van der Waals surface area contributed by atoms with Crippen LogP contribution in [0.15, 0.2) is 249 Å². The van der Waals surface area contributed by atoms with E-state index in [1.807, 2.05) is 24.3 Å². The molecule has 0 unspecified atom stereocenters. The second-order valence-corrected chi connectivity index (χ2v) is 16.2. The fourth-order valence-corrected chi connectivity index (χ4v) is 9.07. The maximum absolute atomic E-state index is 5.46. The lowest BCUT2D eigenvalue weighted by atomic mass is 9.99. The Labute approximate surface area is 380 Å². The zero-order chi connectivity index (χ0) is 43.4. The highest BCUT2D eigenvalue weighted by Gasteiger charge is 2.33. The van der Waals surface area contributed by atoms with Gasteiger partial charge in [-0.05, 0) is 103 Å². The second kappa shape index (κ2) is 17.7. The number of benzene rings is 9. The van der Waals surface area contributed by atoms with E-state index in [4.69, 9.17) is 9.97 Å². The molecule has 65 heavy (non-hydrogen) atoms. The molecule has 0 amide bonds. The van der Waals surface area contributed by atoms with E-state index in [1.165, 1.54) is 11.1 Å². The molecule has 11 rings (SSSR count). The zero-order valence-electron chi connectivity index (χ0n) is 35.8. The van der Waals surface area contributed by atoms with Gasteiger partial charge in [0.05, 0.1) is 28.5 Å². The van der Waals surface area contributed by atoms with Crippen molar-refractivity contribution in [2.75, 3.05) is 14.7 Å². The van der Waals surface area contributed by atoms with E-state index in [1.54, 1.807) is 0 Å². The summed E-state index contributed by atoms with van der Waals surface area (Å²) in [6.07, 6.45) is 1.83. The minimum atomic E-state index is 0.662. The number of para-hydroxylation sites is 6. The van der Waals surface area contributed by atoms with E-state index < -0.39 is 0 Å². The Kier molecular flexibility index (Phi) is 10.7. The van der Waals surface area contributed by atoms with Crippen LogP contribution in [0.1, 0.15) is 11.1 Å². The summed E-state index contributed by atoms with van der Waals surface area (Å²) < 4.78 is 0. The van der Waals surface area contributed by atoms with Crippen molar-refractivity contribution in [2.45, 2.75) is 12.8 Å². The highest BCUT2D eigenvalue weighted by molar-refractivity contribution is 6.04. The fourth-order valence-electron chi connectivity index (χ4n) is 9.07. The Bertz CT molecular complexity index is 2910. The number of nitrogens with zero attached hydrogens (tertiary/aromatic N) is 5. The Hall–Kier alpha value is -8.54. The Morgan fingerprint density at radius 3 is 1.08 bits per heavy atom. The van der Waals surface area contributed by atoms with E-state index in [9.17, 15) is 0 Å². The molecule has 10 aromatic rings. The van der Waals surface area contributed by atoms with Crippen LogP contribution in [0, 0.1) is 0 Å². The predicted molar refractivity (Wildman–Crippen MR) is 270 cm³/mol. The number of aryl methyl sites for hydroxylation is 2. The first kappa shape index (κ1) is 39.3. The van der Waals surface area contributed by atoms with E-state index >= 15 is 0 Å². The van der Waals surface area contributed by atoms with Crippen LogP contribution in [-0.2, 0) is 12.8 Å². The summed E-state index contributed by atoms with van der Waals surface area (Å²) in [6.45, 7) is 0. The zero-order valence-corrected chi connectivity index (χ0v) is 35.8. The summed E-state index contributed by atoms with van der Waals surface area (Å²) in [4.78, 5) is 18.0. The number of aromatic nitrogens is 2. The molecule has 9 aromatic carbocycles. The summed E-state index contributed by atoms with van der Waals surface area (Å²) in [7, 11) is 0. The van der Waals surface area contributed by atoms with Crippen molar-refractivity contribution < 1.29 is 0 Å². The van der Waals surface area contributed by atoms with Crippen molar-refractivity contribution >= 4 is 51.2 Å². The smallest absolute Gasteiger partial charge is 0.160 e. The van der Waals surface area contributed by atoms with Crippen LogP contribution in [0.4, 0.5) is 51.2 Å². The summed E-state index contributed by atoms with van der Waals surface area (Å²) >= 11 is 0. The molecule has 1 aliphatic rings. The number of hydrogen-bond acceptors (Lipinski definition) is 5. The third kappa shape index (κ3) is 7.81. The molecule has 0 N–H and O–H groups in total. The average molecular weight is 836 g/mol. The van der Waals surface area contributed by atoms with Crippen molar-refractivity contribution in [3.8, 4) is 33.9 Å². The third-order valence-electron chi connectivity index (χ3n) is 12.1. The highest BCUT2D eigenvalue weighted by atomic mass is 15.3. The van der Waals surface area contributed by atoms with E-state index in [-0.39, 0.29) is 0 Å². The van der Waals surface area contributed by atoms with E-state index in [0.717, 1.165) is 92.1 Å². The number of rotatable bonds is 10. The number of fused-ring (bicyclic) bond motifs is 2. The molecule has 0 saturated carbocycles.